The van der Waals surface area contributed by atoms with Crippen molar-refractivity contribution in [3.8, 4) is 5.75 Å². The Bertz CT molecular complexity index is 1280. The van der Waals surface area contributed by atoms with Gasteiger partial charge < -0.3 is 4.74 Å². The summed E-state index contributed by atoms with van der Waals surface area (Å²) in [5.74, 6) is -0.593. The van der Waals surface area contributed by atoms with Gasteiger partial charge in [0.25, 0.3) is 0 Å². The molecule has 1 atom stereocenters. The van der Waals surface area contributed by atoms with E-state index in [1.165, 1.54) is 25.6 Å². The lowest BCUT2D eigenvalue weighted by Crippen LogP contribution is -2.18. The van der Waals surface area contributed by atoms with E-state index in [9.17, 15) is 18.0 Å². The van der Waals surface area contributed by atoms with Gasteiger partial charge in [-0.25, -0.2) is 0 Å². The third-order valence-electron chi connectivity index (χ3n) is 5.35. The molecule has 8 heteroatoms. The van der Waals surface area contributed by atoms with Crippen molar-refractivity contribution in [3.05, 3.63) is 95.7 Å². The van der Waals surface area contributed by atoms with Crippen LogP contribution in [0.3, 0.4) is 0 Å². The minimum Gasteiger partial charge on any atom is -0.494 e. The van der Waals surface area contributed by atoms with Crippen molar-refractivity contribution in [2.45, 2.75) is 24.9 Å². The summed E-state index contributed by atoms with van der Waals surface area (Å²) < 4.78 is 46.7. The number of ketones is 1. The number of fused-ring (bicyclic) bond motifs is 1. The Balaban J connectivity index is 1.78. The smallest absolute Gasteiger partial charge is 0.418 e. The fraction of sp³-hybridized carbons (Fsp3) is 0.200. The molecule has 0 saturated carbocycles. The van der Waals surface area contributed by atoms with E-state index in [2.05, 4.69) is 15.0 Å². The lowest BCUT2D eigenvalue weighted by atomic mass is 9.87. The molecule has 4 rings (SSSR count). The normalized spacial score (nSPS) is 12.5. The van der Waals surface area contributed by atoms with Gasteiger partial charge in [0.15, 0.2) is 0 Å². The molecule has 0 spiro atoms. The number of hydrogen-bond donors (Lipinski definition) is 0. The maximum atomic E-state index is 13.8. The van der Waals surface area contributed by atoms with Crippen LogP contribution in [0.25, 0.3) is 10.9 Å². The van der Waals surface area contributed by atoms with Gasteiger partial charge >= 0.3 is 6.18 Å². The maximum Gasteiger partial charge on any atom is 0.418 e. The van der Waals surface area contributed by atoms with Crippen LogP contribution in [0.1, 0.15) is 34.7 Å². The predicted octanol–water partition coefficient (Wildman–Crippen LogP) is 5.39. The Labute approximate surface area is 188 Å². The number of alkyl halides is 3. The molecule has 0 aliphatic heterocycles. The molecular weight excluding hydrogens is 431 g/mol. The summed E-state index contributed by atoms with van der Waals surface area (Å²) in [6.45, 7) is 0. The van der Waals surface area contributed by atoms with E-state index in [1.54, 1.807) is 48.8 Å². The number of pyridine rings is 3. The average Bonchev–Trinajstić information content (AvgIpc) is 2.82. The van der Waals surface area contributed by atoms with Gasteiger partial charge in [-0.05, 0) is 41.5 Å². The van der Waals surface area contributed by atoms with Crippen LogP contribution in [0.4, 0.5) is 13.2 Å². The van der Waals surface area contributed by atoms with E-state index in [0.29, 0.717) is 27.8 Å². The second kappa shape index (κ2) is 9.36. The number of para-hydroxylation sites is 1. The number of aromatic nitrogens is 3. The zero-order chi connectivity index (χ0) is 23.4. The van der Waals surface area contributed by atoms with Crippen molar-refractivity contribution in [3.63, 3.8) is 0 Å². The summed E-state index contributed by atoms with van der Waals surface area (Å²) in [5.41, 5.74) is 0.684. The summed E-state index contributed by atoms with van der Waals surface area (Å²) in [6.07, 6.45) is 1.25. The molecule has 4 aromatic rings. The number of carbonyl (C=O) groups is 1. The Morgan fingerprint density at radius 3 is 2.58 bits per heavy atom. The van der Waals surface area contributed by atoms with Gasteiger partial charge in [-0.15, -0.1) is 0 Å². The number of nitrogens with zero attached hydrogens (tertiary/aromatic N) is 3. The molecule has 0 bridgehead atoms. The molecule has 168 valence electrons. The largest absolute Gasteiger partial charge is 0.494 e. The third-order valence-corrected chi connectivity index (χ3v) is 5.35. The zero-order valence-corrected chi connectivity index (χ0v) is 17.7. The Morgan fingerprint density at radius 2 is 1.85 bits per heavy atom. The highest BCUT2D eigenvalue weighted by molar-refractivity contribution is 5.86. The van der Waals surface area contributed by atoms with Gasteiger partial charge in [-0.3, -0.25) is 19.7 Å². The molecule has 1 aromatic carbocycles. The summed E-state index contributed by atoms with van der Waals surface area (Å²) in [4.78, 5) is 25.4. The average molecular weight is 451 g/mol. The number of Topliss-reactive ketones (excluding diaryl/α,β-unsaturated/α-hetero) is 1. The number of hydrogen-bond acceptors (Lipinski definition) is 5. The molecule has 0 radical (unpaired) electrons. The van der Waals surface area contributed by atoms with E-state index in [-0.39, 0.29) is 24.3 Å². The molecule has 3 aromatic heterocycles. The molecule has 0 saturated heterocycles. The van der Waals surface area contributed by atoms with Crippen LogP contribution in [0.15, 0.2) is 73.3 Å². The topological polar surface area (TPSA) is 65.0 Å². The SMILES string of the molecule is COc1cccc2cc([C@H](CC(=O)Cc3cccnc3)c3ncccc3C(F)(F)F)cnc12. The number of ether oxygens (including phenoxy) is 1. The second-order valence-electron chi connectivity index (χ2n) is 7.57. The second-order valence-corrected chi connectivity index (χ2v) is 7.57. The van der Waals surface area contributed by atoms with Crippen LogP contribution in [0.5, 0.6) is 5.75 Å². The lowest BCUT2D eigenvalue weighted by Gasteiger charge is -2.21. The molecule has 0 fully saturated rings. The van der Waals surface area contributed by atoms with Crippen molar-refractivity contribution in [1.82, 2.24) is 15.0 Å². The monoisotopic (exact) mass is 451 g/mol. The Kier molecular flexibility index (Phi) is 6.35. The standard InChI is InChI=1S/C25H20F3N3O2/c1-33-22-8-2-6-17-12-18(15-31-23(17)22)20(13-19(32)11-16-5-3-9-29-14-16)24-21(25(26,27)28)7-4-10-30-24/h2-10,12,14-15,20H,11,13H2,1H3/t20-/m0/s1. The molecular formula is C25H20F3N3O2. The van der Waals surface area contributed by atoms with Crippen LogP contribution < -0.4 is 4.74 Å². The third kappa shape index (κ3) is 5.00. The van der Waals surface area contributed by atoms with Crippen molar-refractivity contribution >= 4 is 16.7 Å². The number of rotatable bonds is 7. The van der Waals surface area contributed by atoms with Gasteiger partial charge in [-0.1, -0.05) is 18.2 Å². The summed E-state index contributed by atoms with van der Waals surface area (Å²) in [5, 5.41) is 0.695. The van der Waals surface area contributed by atoms with Crippen LogP contribution in [-0.4, -0.2) is 27.8 Å². The first-order chi connectivity index (χ1) is 15.9. The number of methoxy groups -OCH3 is 1. The highest BCUT2D eigenvalue weighted by Gasteiger charge is 2.37. The molecule has 0 aliphatic rings. The van der Waals surface area contributed by atoms with E-state index in [0.717, 1.165) is 6.07 Å². The molecule has 5 nitrogen and oxygen atoms in total. The molecule has 0 amide bonds. The van der Waals surface area contributed by atoms with Crippen molar-refractivity contribution in [2.24, 2.45) is 0 Å². The maximum absolute atomic E-state index is 13.8. The Hall–Kier alpha value is -3.81. The minimum atomic E-state index is -4.61. The van der Waals surface area contributed by atoms with Crippen molar-refractivity contribution in [2.75, 3.05) is 7.11 Å². The molecule has 33 heavy (non-hydrogen) atoms. The van der Waals surface area contributed by atoms with Gasteiger partial charge in [0.05, 0.1) is 18.4 Å². The molecule has 0 unspecified atom stereocenters. The number of halogens is 3. The molecule has 0 N–H and O–H groups in total. The first-order valence-electron chi connectivity index (χ1n) is 10.2. The fourth-order valence-corrected chi connectivity index (χ4v) is 3.84. The van der Waals surface area contributed by atoms with Crippen LogP contribution in [-0.2, 0) is 17.4 Å². The van der Waals surface area contributed by atoms with Gasteiger partial charge in [0, 0.05) is 48.9 Å². The van der Waals surface area contributed by atoms with E-state index >= 15 is 0 Å². The predicted molar refractivity (Wildman–Crippen MR) is 117 cm³/mol. The molecule has 0 aliphatic carbocycles. The summed E-state index contributed by atoms with van der Waals surface area (Å²) in [6, 6.07) is 12.8. The first kappa shape index (κ1) is 22.4. The van der Waals surface area contributed by atoms with Crippen LogP contribution >= 0.6 is 0 Å². The summed E-state index contributed by atoms with van der Waals surface area (Å²) >= 11 is 0. The lowest BCUT2D eigenvalue weighted by molar-refractivity contribution is -0.138. The van der Waals surface area contributed by atoms with E-state index < -0.39 is 17.7 Å². The van der Waals surface area contributed by atoms with E-state index in [1.807, 2.05) is 0 Å². The van der Waals surface area contributed by atoms with Crippen molar-refractivity contribution in [1.29, 1.82) is 0 Å². The molecule has 3 heterocycles. The van der Waals surface area contributed by atoms with Gasteiger partial charge in [0.1, 0.15) is 17.0 Å². The first-order valence-corrected chi connectivity index (χ1v) is 10.2. The number of carbonyl (C=O) groups excluding carboxylic acids is 1. The number of benzene rings is 1. The van der Waals surface area contributed by atoms with Crippen LogP contribution in [0.2, 0.25) is 0 Å². The Morgan fingerprint density at radius 1 is 1.03 bits per heavy atom. The van der Waals surface area contributed by atoms with E-state index in [4.69, 9.17) is 4.74 Å². The zero-order valence-electron chi connectivity index (χ0n) is 17.7. The highest BCUT2D eigenvalue weighted by Crippen LogP contribution is 2.38. The van der Waals surface area contributed by atoms with Gasteiger partial charge in [-0.2, -0.15) is 13.2 Å². The van der Waals surface area contributed by atoms with Crippen LogP contribution in [0, 0.1) is 0 Å². The summed E-state index contributed by atoms with van der Waals surface area (Å²) in [7, 11) is 1.52. The highest BCUT2D eigenvalue weighted by atomic mass is 19.4. The fourth-order valence-electron chi connectivity index (χ4n) is 3.84. The van der Waals surface area contributed by atoms with Crippen molar-refractivity contribution < 1.29 is 22.7 Å². The quantitative estimate of drug-likeness (QED) is 0.377. The minimum absolute atomic E-state index is 0.0629. The van der Waals surface area contributed by atoms with Gasteiger partial charge in [0.2, 0.25) is 0 Å².